The molecule has 0 saturated heterocycles. The van der Waals surface area contributed by atoms with E-state index in [4.69, 9.17) is 5.26 Å². The van der Waals surface area contributed by atoms with Crippen molar-refractivity contribution in [1.82, 2.24) is 0 Å². The Hall–Kier alpha value is 1.33. The summed E-state index contributed by atoms with van der Waals surface area (Å²) in [6, 6.07) is 0. The van der Waals surface area contributed by atoms with Crippen LogP contribution in [0.1, 0.15) is 0 Å². The summed E-state index contributed by atoms with van der Waals surface area (Å²) in [4.78, 5) is 0. The van der Waals surface area contributed by atoms with Gasteiger partial charge < -0.3 is 11.0 Å². The fraction of sp³-hybridized carbons (Fsp3) is 0. The Labute approximate surface area is 81.8 Å². The van der Waals surface area contributed by atoms with Crippen molar-refractivity contribution >= 4 is 61.5 Å². The van der Waals surface area contributed by atoms with E-state index in [1.807, 2.05) is 0 Å². The summed E-state index contributed by atoms with van der Waals surface area (Å²) in [5.74, 6) is 0. The molecule has 0 saturated carbocycles. The molecule has 4 N–H and O–H groups in total. The van der Waals surface area contributed by atoms with Crippen LogP contribution >= 0.6 is 12.6 Å². The zero-order valence-corrected chi connectivity index (χ0v) is 3.29. The van der Waals surface area contributed by atoms with E-state index in [-0.39, 0.29) is 59.8 Å². The van der Waals surface area contributed by atoms with Crippen molar-refractivity contribution in [2.24, 2.45) is 0 Å². The van der Waals surface area contributed by atoms with Crippen LogP contribution in [0.2, 0.25) is 0 Å². The molecule has 0 radical (unpaired) electrons. The average molecular weight is 234 g/mol. The Morgan fingerprint density at radius 3 is 1.33 bits per heavy atom. The van der Waals surface area contributed by atoms with Gasteiger partial charge in [0.25, 0.3) is 0 Å². The first kappa shape index (κ1) is 26.5. The normalized spacial score (nSPS) is 1.33. The molecule has 0 aromatic heterocycles. The Morgan fingerprint density at radius 2 is 1.33 bits per heavy atom. The molecule has 36 valence electrons. The molecule has 0 spiro atoms. The third kappa shape index (κ3) is 56.4. The van der Waals surface area contributed by atoms with E-state index < -0.39 is 0 Å². The molecule has 0 fully saturated rings. The second-order valence-electron chi connectivity index (χ2n) is 0.100. The second-order valence-corrected chi connectivity index (χ2v) is 0.300. The van der Waals surface area contributed by atoms with Gasteiger partial charge in [-0.1, -0.05) is 12.6 Å². The molecule has 0 rings (SSSR count). The summed E-state index contributed by atoms with van der Waals surface area (Å²) in [5, 5.41) is 8.63. The maximum absolute atomic E-state index is 7.18. The number of hydrogen-bond acceptors (Lipinski definition) is 2. The maximum atomic E-state index is 7.18. The first-order valence-electron chi connectivity index (χ1n) is 0.447. The Bertz CT molecular complexity index is 35.0. The Balaban J connectivity index is -0.00000000667. The molecular formula is CH7BaNO2S. The van der Waals surface area contributed by atoms with Crippen molar-refractivity contribution in [3.63, 3.8) is 0 Å². The molecule has 0 amide bonds. The van der Waals surface area contributed by atoms with Crippen LogP contribution in [0, 0.1) is 10.7 Å². The van der Waals surface area contributed by atoms with Crippen molar-refractivity contribution in [2.75, 3.05) is 0 Å². The third-order valence-electron chi connectivity index (χ3n) is 0. The number of thiol groups is 1. The van der Waals surface area contributed by atoms with Gasteiger partial charge in [-0.2, -0.15) is 5.26 Å². The number of rotatable bonds is 0. The first-order chi connectivity index (χ1) is 1.41. The molecule has 5 heteroatoms. The van der Waals surface area contributed by atoms with Crippen molar-refractivity contribution in [1.29, 1.82) is 5.26 Å². The second kappa shape index (κ2) is 33.1. The molecule has 0 aromatic rings. The van der Waals surface area contributed by atoms with Crippen LogP contribution in [0.25, 0.3) is 0 Å². The molecule has 0 bridgehead atoms. The molecule has 0 aliphatic rings. The molecule has 0 unspecified atom stereocenters. The summed E-state index contributed by atoms with van der Waals surface area (Å²) >= 11 is 3.09. The van der Waals surface area contributed by atoms with Gasteiger partial charge in [-0.05, 0) is 0 Å². The van der Waals surface area contributed by atoms with Crippen molar-refractivity contribution < 1.29 is 11.0 Å². The molecule has 0 aliphatic heterocycles. The van der Waals surface area contributed by atoms with Gasteiger partial charge >= 0.3 is 48.9 Å². The molecule has 0 atom stereocenters. The fourth-order valence-electron chi connectivity index (χ4n) is 0. The van der Waals surface area contributed by atoms with E-state index >= 15 is 0 Å². The van der Waals surface area contributed by atoms with Gasteiger partial charge in [0.05, 0.1) is 0 Å². The van der Waals surface area contributed by atoms with Gasteiger partial charge in [-0.25, -0.2) is 0 Å². The van der Waals surface area contributed by atoms with Gasteiger partial charge in [0.15, 0.2) is 0 Å². The Morgan fingerprint density at radius 1 is 1.33 bits per heavy atom. The minimum atomic E-state index is 0. The zero-order chi connectivity index (χ0) is 2.71. The summed E-state index contributed by atoms with van der Waals surface area (Å²) in [5.41, 5.74) is 0. The van der Waals surface area contributed by atoms with Gasteiger partial charge in [-0.15, -0.1) is 0 Å². The molecule has 3 nitrogen and oxygen atoms in total. The van der Waals surface area contributed by atoms with E-state index in [2.05, 4.69) is 12.6 Å². The standard InChI is InChI=1S/CHNS.Ba.2H2O.2H/c2-1-3;;;;;/h3H;;2*1H2;;. The summed E-state index contributed by atoms with van der Waals surface area (Å²) < 4.78 is 0. The zero-order valence-electron chi connectivity index (χ0n) is 2.39. The van der Waals surface area contributed by atoms with Crippen LogP contribution in [-0.4, -0.2) is 59.8 Å². The van der Waals surface area contributed by atoms with Gasteiger partial charge in [0.1, 0.15) is 5.40 Å². The van der Waals surface area contributed by atoms with E-state index in [0.717, 1.165) is 0 Å². The molecule has 0 aromatic carbocycles. The Kier molecular flexibility index (Phi) is 146. The van der Waals surface area contributed by atoms with E-state index in [1.165, 1.54) is 5.40 Å². The summed E-state index contributed by atoms with van der Waals surface area (Å²) in [7, 11) is 0. The van der Waals surface area contributed by atoms with Gasteiger partial charge in [0.2, 0.25) is 0 Å². The van der Waals surface area contributed by atoms with E-state index in [1.54, 1.807) is 0 Å². The first-order valence-corrected chi connectivity index (χ1v) is 0.894. The predicted octanol–water partition coefficient (Wildman–Crippen LogP) is -2.17. The fourth-order valence-corrected chi connectivity index (χ4v) is 0. The molecular weight excluding hydrogens is 227 g/mol. The number of nitriles is 1. The van der Waals surface area contributed by atoms with E-state index in [0.29, 0.717) is 0 Å². The monoisotopic (exact) mass is 235 g/mol. The average Bonchev–Trinajstić information content (AvgIpc) is 0.918. The summed E-state index contributed by atoms with van der Waals surface area (Å²) in [6.45, 7) is 0. The van der Waals surface area contributed by atoms with Crippen LogP contribution in [0.3, 0.4) is 0 Å². The quantitative estimate of drug-likeness (QED) is 0.289. The van der Waals surface area contributed by atoms with Crippen LogP contribution < -0.4 is 0 Å². The van der Waals surface area contributed by atoms with Crippen LogP contribution in [0.15, 0.2) is 0 Å². The SMILES string of the molecule is N#CS.O.O.[BaH2]. The van der Waals surface area contributed by atoms with Gasteiger partial charge in [0, 0.05) is 0 Å². The number of hydrogen-bond donors (Lipinski definition) is 1. The molecule has 0 heterocycles. The van der Waals surface area contributed by atoms with Crippen molar-refractivity contribution in [3.05, 3.63) is 0 Å². The van der Waals surface area contributed by atoms with Crippen molar-refractivity contribution in [3.8, 4) is 5.40 Å². The third-order valence-corrected chi connectivity index (χ3v) is 0. The van der Waals surface area contributed by atoms with Crippen molar-refractivity contribution in [2.45, 2.75) is 0 Å². The van der Waals surface area contributed by atoms with Crippen LogP contribution in [-0.2, 0) is 0 Å². The number of nitrogens with zero attached hydrogens (tertiary/aromatic N) is 1. The summed E-state index contributed by atoms with van der Waals surface area (Å²) in [6.07, 6.45) is 0. The molecule has 6 heavy (non-hydrogen) atoms. The predicted molar refractivity (Wildman–Crippen MR) is 30.4 cm³/mol. The van der Waals surface area contributed by atoms with Crippen LogP contribution in [0.5, 0.6) is 0 Å². The minimum absolute atomic E-state index is 0. The topological polar surface area (TPSA) is 86.8 Å². The van der Waals surface area contributed by atoms with E-state index in [9.17, 15) is 0 Å². The number of thiocyanates is 1. The van der Waals surface area contributed by atoms with Gasteiger partial charge in [-0.3, -0.25) is 0 Å². The molecule has 0 aliphatic carbocycles. The van der Waals surface area contributed by atoms with Crippen LogP contribution in [0.4, 0.5) is 0 Å².